The van der Waals surface area contributed by atoms with E-state index in [0.29, 0.717) is 23.7 Å². The van der Waals surface area contributed by atoms with Gasteiger partial charge in [-0.1, -0.05) is 83.1 Å². The van der Waals surface area contributed by atoms with Gasteiger partial charge in [0.2, 0.25) is 11.6 Å². The lowest BCUT2D eigenvalue weighted by atomic mass is 9.52. The van der Waals surface area contributed by atoms with Crippen LogP contribution in [0.1, 0.15) is 95.9 Å². The average Bonchev–Trinajstić information content (AvgIpc) is 2.56. The smallest absolute Gasteiger partial charge is 0.194 e. The molecule has 3 rings (SSSR count). The van der Waals surface area contributed by atoms with E-state index in [2.05, 4.69) is 83.1 Å². The van der Waals surface area contributed by atoms with E-state index in [1.54, 1.807) is 0 Å². The van der Waals surface area contributed by atoms with Gasteiger partial charge in [-0.15, -0.1) is 0 Å². The van der Waals surface area contributed by atoms with Crippen molar-refractivity contribution in [2.45, 2.75) is 108 Å². The van der Waals surface area contributed by atoms with E-state index in [9.17, 15) is 0 Å². The Morgan fingerprint density at radius 1 is 0.500 bits per heavy atom. The van der Waals surface area contributed by atoms with E-state index in [0.717, 1.165) is 12.8 Å². The molecule has 1 aliphatic heterocycles. The molecule has 0 amide bonds. The third kappa shape index (κ3) is 2.50. The van der Waals surface area contributed by atoms with Crippen molar-refractivity contribution in [3.8, 4) is 0 Å². The van der Waals surface area contributed by atoms with Crippen molar-refractivity contribution in [3.63, 3.8) is 0 Å². The van der Waals surface area contributed by atoms with Crippen LogP contribution in [-0.2, 0) is 19.6 Å². The van der Waals surface area contributed by atoms with Gasteiger partial charge in [0.05, 0.1) is 0 Å². The molecular weight excluding hydrogens is 352 g/mol. The number of rotatable bonds is 0. The lowest BCUT2D eigenvalue weighted by Crippen LogP contribution is -2.74. The Bertz CT molecular complexity index is 556. The maximum Gasteiger partial charge on any atom is 0.244 e. The molecule has 4 unspecified atom stereocenters. The Kier molecular flexibility index (Phi) is 4.97. The summed E-state index contributed by atoms with van der Waals surface area (Å²) in [6.07, 6.45) is 2.00. The summed E-state index contributed by atoms with van der Waals surface area (Å²) in [6, 6.07) is 0. The Morgan fingerprint density at radius 2 is 0.750 bits per heavy atom. The van der Waals surface area contributed by atoms with Gasteiger partial charge in [-0.25, -0.2) is 0 Å². The highest BCUT2D eigenvalue weighted by Gasteiger charge is 2.74. The molecule has 0 aromatic carbocycles. The standard InChI is InChI=1S/C24H44O4/c1-15-13-19(5,6)23(21(9,10)17(15)3)25-27-24(28-26-23)20(7,8)14-16(2)18(4)22(24,11)12/h15-18H,13-14H2,1-12H3. The van der Waals surface area contributed by atoms with Crippen molar-refractivity contribution in [2.75, 3.05) is 0 Å². The van der Waals surface area contributed by atoms with E-state index >= 15 is 0 Å². The van der Waals surface area contributed by atoms with Crippen molar-refractivity contribution in [3.05, 3.63) is 0 Å². The van der Waals surface area contributed by atoms with Gasteiger partial charge in [-0.05, 0) is 36.5 Å². The van der Waals surface area contributed by atoms with Crippen molar-refractivity contribution in [1.82, 2.24) is 0 Å². The molecular formula is C24H44O4. The molecule has 3 fully saturated rings. The maximum absolute atomic E-state index is 6.46. The lowest BCUT2D eigenvalue weighted by molar-refractivity contribution is -0.716. The van der Waals surface area contributed by atoms with Crippen LogP contribution in [0.2, 0.25) is 0 Å². The van der Waals surface area contributed by atoms with Crippen LogP contribution in [0.15, 0.2) is 0 Å². The highest BCUT2D eigenvalue weighted by Crippen LogP contribution is 2.67. The molecule has 164 valence electrons. The largest absolute Gasteiger partial charge is 0.244 e. The van der Waals surface area contributed by atoms with E-state index in [1.165, 1.54) is 0 Å². The molecule has 0 bridgehead atoms. The summed E-state index contributed by atoms with van der Waals surface area (Å²) in [4.78, 5) is 25.8. The van der Waals surface area contributed by atoms with Gasteiger partial charge in [-0.2, -0.15) is 19.6 Å². The second-order valence-corrected chi connectivity index (χ2v) is 12.7. The van der Waals surface area contributed by atoms with Gasteiger partial charge < -0.3 is 0 Å². The van der Waals surface area contributed by atoms with Crippen LogP contribution < -0.4 is 0 Å². The highest BCUT2D eigenvalue weighted by atomic mass is 17.4. The zero-order valence-corrected chi connectivity index (χ0v) is 20.4. The molecule has 4 heteroatoms. The molecule has 0 radical (unpaired) electrons. The summed E-state index contributed by atoms with van der Waals surface area (Å²) in [5.41, 5.74) is -1.02. The van der Waals surface area contributed by atoms with E-state index < -0.39 is 11.6 Å². The van der Waals surface area contributed by atoms with Crippen LogP contribution in [-0.4, -0.2) is 11.6 Å². The summed E-state index contributed by atoms with van der Waals surface area (Å²) >= 11 is 0. The van der Waals surface area contributed by atoms with Crippen LogP contribution in [0.25, 0.3) is 0 Å². The molecule has 2 saturated carbocycles. The number of hydrogen-bond acceptors (Lipinski definition) is 4. The molecule has 0 aromatic rings. The predicted octanol–water partition coefficient (Wildman–Crippen LogP) is 6.75. The molecule has 4 atom stereocenters. The molecule has 28 heavy (non-hydrogen) atoms. The zero-order valence-electron chi connectivity index (χ0n) is 20.4. The summed E-state index contributed by atoms with van der Waals surface area (Å²) in [6.45, 7) is 27.0. The first kappa shape index (κ1) is 22.5. The first-order valence-corrected chi connectivity index (χ1v) is 11.2. The normalized spacial score (nSPS) is 49.3. The molecule has 2 spiro atoms. The summed E-state index contributed by atoms with van der Waals surface area (Å²) in [5, 5.41) is 0. The third-order valence-corrected chi connectivity index (χ3v) is 9.68. The Balaban J connectivity index is 2.03. The fourth-order valence-corrected chi connectivity index (χ4v) is 7.14. The van der Waals surface area contributed by atoms with Crippen LogP contribution in [0.3, 0.4) is 0 Å². The molecule has 3 aliphatic rings. The lowest BCUT2D eigenvalue weighted by Gasteiger charge is -2.67. The minimum absolute atomic E-state index is 0.244. The van der Waals surface area contributed by atoms with Crippen molar-refractivity contribution in [2.24, 2.45) is 45.3 Å². The monoisotopic (exact) mass is 396 g/mol. The maximum atomic E-state index is 6.46. The first-order valence-electron chi connectivity index (χ1n) is 11.2. The van der Waals surface area contributed by atoms with Crippen molar-refractivity contribution < 1.29 is 19.6 Å². The topological polar surface area (TPSA) is 36.9 Å². The van der Waals surface area contributed by atoms with E-state index in [-0.39, 0.29) is 21.7 Å². The van der Waals surface area contributed by atoms with E-state index in [1.807, 2.05) is 0 Å². The van der Waals surface area contributed by atoms with Gasteiger partial charge in [-0.3, -0.25) is 0 Å². The average molecular weight is 397 g/mol. The van der Waals surface area contributed by atoms with Gasteiger partial charge >= 0.3 is 0 Å². The number of hydrogen-bond donors (Lipinski definition) is 0. The molecule has 4 nitrogen and oxygen atoms in total. The highest BCUT2D eigenvalue weighted by molar-refractivity contribution is 5.09. The Labute approximate surface area is 172 Å². The predicted molar refractivity (Wildman–Crippen MR) is 111 cm³/mol. The van der Waals surface area contributed by atoms with Gasteiger partial charge in [0, 0.05) is 21.7 Å². The summed E-state index contributed by atoms with van der Waals surface area (Å²) in [5.74, 6) is 0.0659. The van der Waals surface area contributed by atoms with Gasteiger partial charge in [0.1, 0.15) is 0 Å². The van der Waals surface area contributed by atoms with Crippen molar-refractivity contribution >= 4 is 0 Å². The third-order valence-electron chi connectivity index (χ3n) is 9.68. The van der Waals surface area contributed by atoms with Crippen molar-refractivity contribution in [1.29, 1.82) is 0 Å². The van der Waals surface area contributed by atoms with Gasteiger partial charge in [0.15, 0.2) is 0 Å². The minimum Gasteiger partial charge on any atom is -0.194 e. The molecule has 1 heterocycles. The first-order chi connectivity index (χ1) is 12.5. The molecule has 2 aliphatic carbocycles. The van der Waals surface area contributed by atoms with Crippen LogP contribution in [0.4, 0.5) is 0 Å². The molecule has 0 aromatic heterocycles. The fourth-order valence-electron chi connectivity index (χ4n) is 7.14. The zero-order chi connectivity index (χ0) is 21.6. The SMILES string of the molecule is CC1CC(C)(C)C2(OOC3(OO2)C(C)(C)CC(C)C(C)C3(C)C)C(C)(C)C1C. The Hall–Kier alpha value is -0.160. The second kappa shape index (κ2) is 6.18. The summed E-state index contributed by atoms with van der Waals surface area (Å²) < 4.78 is 0. The van der Waals surface area contributed by atoms with Gasteiger partial charge in [0.25, 0.3) is 0 Å². The quantitative estimate of drug-likeness (QED) is 0.425. The van der Waals surface area contributed by atoms with Crippen LogP contribution in [0, 0.1) is 45.3 Å². The molecule has 1 saturated heterocycles. The van der Waals surface area contributed by atoms with E-state index in [4.69, 9.17) is 19.6 Å². The molecule has 0 N–H and O–H groups in total. The minimum atomic E-state index is -0.949. The Morgan fingerprint density at radius 3 is 1.00 bits per heavy atom. The van der Waals surface area contributed by atoms with Crippen LogP contribution >= 0.6 is 0 Å². The van der Waals surface area contributed by atoms with Crippen LogP contribution in [0.5, 0.6) is 0 Å². The summed E-state index contributed by atoms with van der Waals surface area (Å²) in [7, 11) is 0. The second-order valence-electron chi connectivity index (χ2n) is 12.7. The fraction of sp³-hybridized carbons (Fsp3) is 1.00.